The number of nitrogens with one attached hydrogen (secondary N) is 1. The van der Waals surface area contributed by atoms with E-state index in [-0.39, 0.29) is 5.92 Å². The molecule has 5 rings (SSSR count). The molecule has 0 radical (unpaired) electrons. The number of aryl methyl sites for hydroxylation is 1. The third kappa shape index (κ3) is 2.38. The summed E-state index contributed by atoms with van der Waals surface area (Å²) in [6, 6.07) is 16.9. The molecular formula is C22H22N2O. The lowest BCUT2D eigenvalue weighted by Crippen LogP contribution is -2.39. The second-order valence-electron chi connectivity index (χ2n) is 7.29. The van der Waals surface area contributed by atoms with Crippen LogP contribution in [0.1, 0.15) is 41.1 Å². The van der Waals surface area contributed by atoms with Gasteiger partial charge in [-0.3, -0.25) is 4.79 Å². The summed E-state index contributed by atoms with van der Waals surface area (Å²) in [5, 5.41) is 1.29. The highest BCUT2D eigenvalue weighted by molar-refractivity contribution is 5.90. The molecule has 0 saturated carbocycles. The third-order valence-corrected chi connectivity index (χ3v) is 5.86. The second kappa shape index (κ2) is 5.76. The van der Waals surface area contributed by atoms with Crippen LogP contribution in [0.5, 0.6) is 0 Å². The molecule has 1 N–H and O–H groups in total. The van der Waals surface area contributed by atoms with E-state index in [9.17, 15) is 4.79 Å². The first-order valence-electron chi connectivity index (χ1n) is 9.26. The van der Waals surface area contributed by atoms with Crippen molar-refractivity contribution in [3.63, 3.8) is 0 Å². The molecular weight excluding hydrogens is 308 g/mol. The predicted molar refractivity (Wildman–Crippen MR) is 99.5 cm³/mol. The molecule has 2 aromatic carbocycles. The number of amides is 1. The fraction of sp³-hybridized carbons (Fsp3) is 0.318. The number of nitrogens with zero attached hydrogens (tertiary/aromatic N) is 1. The Labute approximate surface area is 147 Å². The van der Waals surface area contributed by atoms with E-state index in [0.29, 0.717) is 5.91 Å². The first-order chi connectivity index (χ1) is 12.3. The number of para-hydroxylation sites is 1. The number of aromatic nitrogens is 1. The van der Waals surface area contributed by atoms with Gasteiger partial charge in [0.15, 0.2) is 0 Å². The number of benzene rings is 2. The van der Waals surface area contributed by atoms with E-state index in [1.165, 1.54) is 22.1 Å². The van der Waals surface area contributed by atoms with Gasteiger partial charge in [-0.2, -0.15) is 0 Å². The van der Waals surface area contributed by atoms with Crippen LogP contribution in [0.15, 0.2) is 48.5 Å². The fourth-order valence-electron chi connectivity index (χ4n) is 4.57. The molecule has 1 atom stereocenters. The maximum Gasteiger partial charge on any atom is 0.231 e. The fourth-order valence-corrected chi connectivity index (χ4v) is 4.57. The van der Waals surface area contributed by atoms with Crippen molar-refractivity contribution in [2.45, 2.75) is 38.1 Å². The number of rotatable bonds is 1. The van der Waals surface area contributed by atoms with Gasteiger partial charge in [-0.25, -0.2) is 0 Å². The highest BCUT2D eigenvalue weighted by Gasteiger charge is 2.33. The van der Waals surface area contributed by atoms with Crippen molar-refractivity contribution in [1.82, 2.24) is 9.88 Å². The number of carbonyl (C=O) groups is 1. The minimum absolute atomic E-state index is 0.0126. The first-order valence-corrected chi connectivity index (χ1v) is 9.26. The Hall–Kier alpha value is -2.55. The van der Waals surface area contributed by atoms with Crippen molar-refractivity contribution in [2.75, 3.05) is 6.54 Å². The Morgan fingerprint density at radius 2 is 1.80 bits per heavy atom. The molecule has 3 aromatic rings. The van der Waals surface area contributed by atoms with E-state index in [1.54, 1.807) is 0 Å². The zero-order valence-corrected chi connectivity index (χ0v) is 14.3. The number of carbonyl (C=O) groups excluding carboxylic acids is 1. The van der Waals surface area contributed by atoms with E-state index in [1.807, 2.05) is 0 Å². The molecule has 2 heterocycles. The lowest BCUT2D eigenvalue weighted by atomic mass is 9.85. The molecule has 1 unspecified atom stereocenters. The lowest BCUT2D eigenvalue weighted by molar-refractivity contribution is -0.134. The molecule has 3 nitrogen and oxygen atoms in total. The average Bonchev–Trinajstić information content (AvgIpc) is 3.06. The van der Waals surface area contributed by atoms with Crippen LogP contribution >= 0.6 is 0 Å². The van der Waals surface area contributed by atoms with Crippen molar-refractivity contribution in [1.29, 1.82) is 0 Å². The minimum Gasteiger partial charge on any atom is -0.357 e. The van der Waals surface area contributed by atoms with Gasteiger partial charge in [0.05, 0.1) is 5.92 Å². The molecule has 0 spiro atoms. The third-order valence-electron chi connectivity index (χ3n) is 5.86. The summed E-state index contributed by atoms with van der Waals surface area (Å²) in [6.07, 6.45) is 4.09. The predicted octanol–water partition coefficient (Wildman–Crippen LogP) is 4.17. The van der Waals surface area contributed by atoms with Crippen LogP contribution < -0.4 is 0 Å². The number of H-pyrrole nitrogens is 1. The summed E-state index contributed by atoms with van der Waals surface area (Å²) in [5.74, 6) is 0.281. The van der Waals surface area contributed by atoms with Crippen molar-refractivity contribution < 1.29 is 4.79 Å². The topological polar surface area (TPSA) is 36.1 Å². The van der Waals surface area contributed by atoms with Crippen molar-refractivity contribution >= 4 is 16.8 Å². The van der Waals surface area contributed by atoms with Gasteiger partial charge in [0, 0.05) is 29.7 Å². The van der Waals surface area contributed by atoms with E-state index in [0.717, 1.165) is 50.0 Å². The van der Waals surface area contributed by atoms with Crippen LogP contribution in [0, 0.1) is 0 Å². The largest absolute Gasteiger partial charge is 0.357 e. The monoisotopic (exact) mass is 330 g/mol. The van der Waals surface area contributed by atoms with E-state index >= 15 is 0 Å². The van der Waals surface area contributed by atoms with Gasteiger partial charge in [-0.05, 0) is 48.4 Å². The van der Waals surface area contributed by atoms with Gasteiger partial charge in [0.1, 0.15) is 0 Å². The number of aromatic amines is 1. The summed E-state index contributed by atoms with van der Waals surface area (Å²) in [5.41, 5.74) is 6.38. The molecule has 3 heteroatoms. The maximum absolute atomic E-state index is 13.3. The maximum atomic E-state index is 13.3. The van der Waals surface area contributed by atoms with E-state index in [4.69, 9.17) is 0 Å². The number of hydrogen-bond acceptors (Lipinski definition) is 1. The normalized spacial score (nSPS) is 19.5. The summed E-state index contributed by atoms with van der Waals surface area (Å²) >= 11 is 0. The Bertz CT molecular complexity index is 956. The molecule has 0 saturated heterocycles. The highest BCUT2D eigenvalue weighted by atomic mass is 16.2. The molecule has 0 fully saturated rings. The van der Waals surface area contributed by atoms with Gasteiger partial charge < -0.3 is 9.88 Å². The van der Waals surface area contributed by atoms with Crippen molar-refractivity contribution in [3.8, 4) is 0 Å². The molecule has 25 heavy (non-hydrogen) atoms. The van der Waals surface area contributed by atoms with Crippen molar-refractivity contribution in [2.24, 2.45) is 0 Å². The average molecular weight is 330 g/mol. The van der Waals surface area contributed by atoms with Gasteiger partial charge in [0.2, 0.25) is 5.91 Å². The summed E-state index contributed by atoms with van der Waals surface area (Å²) < 4.78 is 0. The number of hydrogen-bond donors (Lipinski definition) is 1. The Balaban J connectivity index is 1.48. The van der Waals surface area contributed by atoms with Gasteiger partial charge in [-0.15, -0.1) is 0 Å². The van der Waals surface area contributed by atoms with Crippen LogP contribution in [0.4, 0.5) is 0 Å². The van der Waals surface area contributed by atoms with Crippen molar-refractivity contribution in [3.05, 3.63) is 70.9 Å². The molecule has 1 aliphatic heterocycles. The molecule has 0 bridgehead atoms. The Kier molecular flexibility index (Phi) is 3.40. The Morgan fingerprint density at radius 3 is 2.72 bits per heavy atom. The molecule has 126 valence electrons. The van der Waals surface area contributed by atoms with Crippen LogP contribution in [0.25, 0.3) is 10.9 Å². The van der Waals surface area contributed by atoms with Crippen LogP contribution in [-0.2, 0) is 24.2 Å². The quantitative estimate of drug-likeness (QED) is 0.714. The molecule has 1 aliphatic carbocycles. The van der Waals surface area contributed by atoms with Gasteiger partial charge in [0.25, 0.3) is 0 Å². The van der Waals surface area contributed by atoms with Crippen LogP contribution in [0.3, 0.4) is 0 Å². The van der Waals surface area contributed by atoms with Crippen LogP contribution in [0.2, 0.25) is 0 Å². The van der Waals surface area contributed by atoms with Crippen LogP contribution in [-0.4, -0.2) is 22.3 Å². The Morgan fingerprint density at radius 1 is 1.00 bits per heavy atom. The SMILES string of the molecule is O=C(C1CCCc2c1[nH]c1ccccc21)N1CCc2ccccc2C1. The second-order valence-corrected chi connectivity index (χ2v) is 7.29. The van der Waals surface area contributed by atoms with Gasteiger partial charge in [-0.1, -0.05) is 42.5 Å². The summed E-state index contributed by atoms with van der Waals surface area (Å²) in [6.45, 7) is 1.59. The number of fused-ring (bicyclic) bond motifs is 4. The first kappa shape index (κ1) is 14.8. The highest BCUT2D eigenvalue weighted by Crippen LogP contribution is 2.37. The summed E-state index contributed by atoms with van der Waals surface area (Å²) in [4.78, 5) is 18.9. The zero-order chi connectivity index (χ0) is 16.8. The molecule has 1 amide bonds. The summed E-state index contributed by atoms with van der Waals surface area (Å²) in [7, 11) is 0. The standard InChI is InChI=1S/C22H22N2O/c25-22(24-13-12-15-6-1-2-7-16(15)14-24)19-10-5-9-18-17-8-3-4-11-20(17)23-21(18)19/h1-4,6-8,11,19,23H,5,9-10,12-14H2. The smallest absolute Gasteiger partial charge is 0.231 e. The zero-order valence-electron chi connectivity index (χ0n) is 14.3. The molecule has 1 aromatic heterocycles. The minimum atomic E-state index is -0.0126. The van der Waals surface area contributed by atoms with E-state index in [2.05, 4.69) is 58.4 Å². The van der Waals surface area contributed by atoms with E-state index < -0.39 is 0 Å². The molecule has 2 aliphatic rings. The van der Waals surface area contributed by atoms with Gasteiger partial charge >= 0.3 is 0 Å². The lowest BCUT2D eigenvalue weighted by Gasteiger charge is -2.33.